The van der Waals surface area contributed by atoms with E-state index in [1.54, 1.807) is 6.07 Å². The number of para-hydroxylation sites is 1. The Morgan fingerprint density at radius 1 is 1.30 bits per heavy atom. The second-order valence-corrected chi connectivity index (χ2v) is 5.99. The van der Waals surface area contributed by atoms with Crippen molar-refractivity contribution in [1.29, 1.82) is 0 Å². The lowest BCUT2D eigenvalue weighted by molar-refractivity contribution is -0.121. The number of amides is 1. The number of hydrogen-bond donors (Lipinski definition) is 2. The molecule has 23 heavy (non-hydrogen) atoms. The Bertz CT molecular complexity index is 709. The van der Waals surface area contributed by atoms with Crippen LogP contribution in [-0.2, 0) is 11.2 Å². The zero-order valence-corrected chi connectivity index (χ0v) is 13.9. The van der Waals surface area contributed by atoms with Gasteiger partial charge in [0.25, 0.3) is 5.56 Å². The number of nitrogens with one attached hydrogen (secondary N) is 2. The van der Waals surface area contributed by atoms with Gasteiger partial charge >= 0.3 is 0 Å². The van der Waals surface area contributed by atoms with Gasteiger partial charge in [0.2, 0.25) is 5.91 Å². The van der Waals surface area contributed by atoms with Gasteiger partial charge in [-0.2, -0.15) is 0 Å². The van der Waals surface area contributed by atoms with E-state index < -0.39 is 0 Å². The van der Waals surface area contributed by atoms with E-state index in [0.717, 1.165) is 12.8 Å². The summed E-state index contributed by atoms with van der Waals surface area (Å²) in [5, 5.41) is 3.58. The molecule has 0 aliphatic carbocycles. The average molecular weight is 315 g/mol. The van der Waals surface area contributed by atoms with Crippen LogP contribution >= 0.6 is 0 Å². The Hall–Kier alpha value is -2.17. The third-order valence-electron chi connectivity index (χ3n) is 3.90. The highest BCUT2D eigenvalue weighted by Crippen LogP contribution is 2.07. The van der Waals surface area contributed by atoms with Crippen LogP contribution in [0.25, 0.3) is 10.9 Å². The number of benzene rings is 1. The van der Waals surface area contributed by atoms with E-state index in [-0.39, 0.29) is 17.5 Å². The van der Waals surface area contributed by atoms with Crippen molar-refractivity contribution in [2.45, 2.75) is 58.4 Å². The molecule has 0 fully saturated rings. The molecule has 1 amide bonds. The predicted molar refractivity (Wildman–Crippen MR) is 92.4 cm³/mol. The van der Waals surface area contributed by atoms with Crippen molar-refractivity contribution >= 4 is 16.8 Å². The standard InChI is InChI=1S/C18H25N3O2/c1-3-4-5-8-13(2)19-17(22)12-11-16-20-15-10-7-6-9-14(15)18(23)21-16/h6-7,9-10,13H,3-5,8,11-12H2,1-2H3,(H,19,22)(H,20,21,23). The van der Waals surface area contributed by atoms with Gasteiger partial charge in [0.15, 0.2) is 0 Å². The van der Waals surface area contributed by atoms with Crippen LogP contribution in [0.15, 0.2) is 29.1 Å². The third-order valence-corrected chi connectivity index (χ3v) is 3.90. The molecule has 0 saturated heterocycles. The fourth-order valence-electron chi connectivity index (χ4n) is 2.60. The molecule has 5 nitrogen and oxygen atoms in total. The number of carbonyl (C=O) groups is 1. The summed E-state index contributed by atoms with van der Waals surface area (Å²) in [5.41, 5.74) is 0.513. The summed E-state index contributed by atoms with van der Waals surface area (Å²) in [6.45, 7) is 4.20. The van der Waals surface area contributed by atoms with Gasteiger partial charge in [-0.3, -0.25) is 9.59 Å². The molecular weight excluding hydrogens is 290 g/mol. The van der Waals surface area contributed by atoms with Crippen molar-refractivity contribution in [2.75, 3.05) is 0 Å². The predicted octanol–water partition coefficient (Wildman–Crippen LogP) is 2.94. The summed E-state index contributed by atoms with van der Waals surface area (Å²) in [6, 6.07) is 7.41. The molecule has 2 rings (SSSR count). The molecule has 0 radical (unpaired) electrons. The minimum absolute atomic E-state index is 0.00445. The summed E-state index contributed by atoms with van der Waals surface area (Å²) in [4.78, 5) is 31.1. The quantitative estimate of drug-likeness (QED) is 0.735. The second kappa shape index (κ2) is 8.46. The van der Waals surface area contributed by atoms with E-state index in [4.69, 9.17) is 0 Å². The van der Waals surface area contributed by atoms with Crippen molar-refractivity contribution in [1.82, 2.24) is 15.3 Å². The number of aromatic nitrogens is 2. The van der Waals surface area contributed by atoms with Gasteiger partial charge < -0.3 is 10.3 Å². The normalized spacial score (nSPS) is 12.3. The number of aryl methyl sites for hydroxylation is 1. The zero-order valence-electron chi connectivity index (χ0n) is 13.9. The van der Waals surface area contributed by atoms with Gasteiger partial charge in [0, 0.05) is 18.9 Å². The maximum Gasteiger partial charge on any atom is 0.258 e. The van der Waals surface area contributed by atoms with Crippen molar-refractivity contribution in [3.63, 3.8) is 0 Å². The van der Waals surface area contributed by atoms with Crippen molar-refractivity contribution in [2.24, 2.45) is 0 Å². The molecule has 0 bridgehead atoms. The summed E-state index contributed by atoms with van der Waals surface area (Å²) in [6.07, 6.45) is 5.29. The van der Waals surface area contributed by atoms with Crippen LogP contribution in [0.4, 0.5) is 0 Å². The fraction of sp³-hybridized carbons (Fsp3) is 0.500. The minimum Gasteiger partial charge on any atom is -0.354 e. The smallest absolute Gasteiger partial charge is 0.258 e. The maximum atomic E-state index is 12.0. The largest absolute Gasteiger partial charge is 0.354 e. The van der Waals surface area contributed by atoms with Crippen LogP contribution in [0.1, 0.15) is 51.8 Å². The van der Waals surface area contributed by atoms with Gasteiger partial charge in [-0.1, -0.05) is 38.3 Å². The molecule has 1 heterocycles. The lowest BCUT2D eigenvalue weighted by Gasteiger charge is -2.13. The number of fused-ring (bicyclic) bond motifs is 1. The highest BCUT2D eigenvalue weighted by atomic mass is 16.1. The highest BCUT2D eigenvalue weighted by Gasteiger charge is 2.09. The first-order chi connectivity index (χ1) is 11.1. The molecule has 2 N–H and O–H groups in total. The average Bonchev–Trinajstić information content (AvgIpc) is 2.53. The second-order valence-electron chi connectivity index (χ2n) is 5.99. The number of unbranched alkanes of at least 4 members (excludes halogenated alkanes) is 2. The molecule has 1 aromatic heterocycles. The Balaban J connectivity index is 1.88. The van der Waals surface area contributed by atoms with E-state index in [1.807, 2.05) is 25.1 Å². The maximum absolute atomic E-state index is 12.0. The van der Waals surface area contributed by atoms with Crippen LogP contribution in [0.3, 0.4) is 0 Å². The number of carbonyl (C=O) groups excluding carboxylic acids is 1. The van der Waals surface area contributed by atoms with Crippen LogP contribution < -0.4 is 10.9 Å². The lowest BCUT2D eigenvalue weighted by atomic mass is 10.1. The number of nitrogens with zero attached hydrogens (tertiary/aromatic N) is 1. The topological polar surface area (TPSA) is 74.8 Å². The molecule has 2 aromatic rings. The first kappa shape index (κ1) is 17.2. The van der Waals surface area contributed by atoms with Gasteiger partial charge in [-0.05, 0) is 25.5 Å². The monoisotopic (exact) mass is 315 g/mol. The van der Waals surface area contributed by atoms with Crippen LogP contribution in [0, 0.1) is 0 Å². The molecule has 0 saturated carbocycles. The number of H-pyrrole nitrogens is 1. The van der Waals surface area contributed by atoms with Crippen molar-refractivity contribution in [3.8, 4) is 0 Å². The molecular formula is C18H25N3O2. The van der Waals surface area contributed by atoms with Gasteiger partial charge in [0.1, 0.15) is 5.82 Å². The fourth-order valence-corrected chi connectivity index (χ4v) is 2.60. The van der Waals surface area contributed by atoms with E-state index in [0.29, 0.717) is 29.6 Å². The van der Waals surface area contributed by atoms with Crippen LogP contribution in [0.5, 0.6) is 0 Å². The first-order valence-corrected chi connectivity index (χ1v) is 8.37. The van der Waals surface area contributed by atoms with Crippen molar-refractivity contribution < 1.29 is 4.79 Å². The van der Waals surface area contributed by atoms with Crippen molar-refractivity contribution in [3.05, 3.63) is 40.4 Å². The SMILES string of the molecule is CCCCCC(C)NC(=O)CCc1nc2ccccc2c(=O)[nH]1. The molecule has 124 valence electrons. The van der Waals surface area contributed by atoms with Crippen LogP contribution in [0.2, 0.25) is 0 Å². The van der Waals surface area contributed by atoms with Crippen LogP contribution in [-0.4, -0.2) is 21.9 Å². The van der Waals surface area contributed by atoms with E-state index in [2.05, 4.69) is 22.2 Å². The summed E-state index contributed by atoms with van der Waals surface area (Å²) >= 11 is 0. The summed E-state index contributed by atoms with van der Waals surface area (Å²) in [5.74, 6) is 0.562. The van der Waals surface area contributed by atoms with Gasteiger partial charge in [-0.25, -0.2) is 4.98 Å². The van der Waals surface area contributed by atoms with E-state index in [9.17, 15) is 9.59 Å². The summed E-state index contributed by atoms with van der Waals surface area (Å²) < 4.78 is 0. The minimum atomic E-state index is -0.154. The molecule has 0 aliphatic heterocycles. The molecule has 1 unspecified atom stereocenters. The third kappa shape index (κ3) is 5.20. The molecule has 0 aliphatic rings. The Kier molecular flexibility index (Phi) is 6.32. The molecule has 5 heteroatoms. The first-order valence-electron chi connectivity index (χ1n) is 8.37. The molecule has 1 aromatic carbocycles. The molecule has 1 atom stereocenters. The van der Waals surface area contributed by atoms with Gasteiger partial charge in [-0.15, -0.1) is 0 Å². The Morgan fingerprint density at radius 3 is 2.87 bits per heavy atom. The van der Waals surface area contributed by atoms with Gasteiger partial charge in [0.05, 0.1) is 10.9 Å². The zero-order chi connectivity index (χ0) is 16.7. The lowest BCUT2D eigenvalue weighted by Crippen LogP contribution is -2.32. The number of rotatable bonds is 8. The Labute approximate surface area is 136 Å². The van der Waals surface area contributed by atoms with E-state index in [1.165, 1.54) is 12.8 Å². The number of hydrogen-bond acceptors (Lipinski definition) is 3. The molecule has 0 spiro atoms. The Morgan fingerprint density at radius 2 is 2.09 bits per heavy atom. The summed E-state index contributed by atoms with van der Waals surface area (Å²) in [7, 11) is 0. The van der Waals surface area contributed by atoms with E-state index >= 15 is 0 Å². The highest BCUT2D eigenvalue weighted by molar-refractivity contribution is 5.78. The number of aromatic amines is 1.